The fraction of sp³-hybridized carbons (Fsp3) is 0.385. The molecule has 0 spiro atoms. The van der Waals surface area contributed by atoms with Crippen LogP contribution in [0.5, 0.6) is 11.5 Å². The number of piperidine rings is 2. The number of hydrogen-bond acceptors (Lipinski definition) is 10. The van der Waals surface area contributed by atoms with Crippen LogP contribution in [0.15, 0.2) is 61.1 Å². The number of likely N-dealkylation sites (tertiary alicyclic amines) is 1. The Hall–Kier alpha value is -5.50. The third-order valence-corrected chi connectivity index (χ3v) is 10.7. The van der Waals surface area contributed by atoms with Crippen molar-refractivity contribution in [3.05, 3.63) is 83.8 Å². The van der Waals surface area contributed by atoms with Gasteiger partial charge in [-0.3, -0.25) is 34.4 Å². The van der Waals surface area contributed by atoms with Gasteiger partial charge in [0.15, 0.2) is 11.6 Å². The minimum Gasteiger partial charge on any atom is -0.494 e. The standard InChI is InChI=1S/C39H38F2N6O6/c40-31-18-25(17-24-5-10-42-20-30(24)31)44-36-35(41)33(6-11-43-36)53-27-15-23(16-27)21-46-12-7-22(8-13-46)9-14-52-26-1-2-28-29(19-26)39(51)47(38(28)50)32-3-4-34(48)45-37(32)49/h1-2,5-6,10-11,17-20,22-23,27,32H,3-4,7-9,12-16,21H2,(H,43,44)(H,45,48,49)/t23-,27-,32?. The van der Waals surface area contributed by atoms with Crippen LogP contribution in [-0.2, 0) is 9.59 Å². The van der Waals surface area contributed by atoms with Crippen molar-refractivity contribution in [2.75, 3.05) is 31.6 Å². The van der Waals surface area contributed by atoms with E-state index >= 15 is 4.39 Å². The Bertz CT molecular complexity index is 2100. The van der Waals surface area contributed by atoms with Crippen LogP contribution in [0.2, 0.25) is 0 Å². The van der Waals surface area contributed by atoms with Crippen LogP contribution >= 0.6 is 0 Å². The number of imide groups is 2. The van der Waals surface area contributed by atoms with E-state index in [1.165, 1.54) is 24.5 Å². The van der Waals surface area contributed by atoms with E-state index in [1.807, 2.05) is 0 Å². The first-order valence-electron chi connectivity index (χ1n) is 18.0. The summed E-state index contributed by atoms with van der Waals surface area (Å²) in [6, 6.07) is 9.99. The number of nitrogens with one attached hydrogen (secondary N) is 2. The van der Waals surface area contributed by atoms with Gasteiger partial charge in [-0.1, -0.05) is 0 Å². The lowest BCUT2D eigenvalue weighted by molar-refractivity contribution is -0.136. The molecule has 5 heterocycles. The Balaban J connectivity index is 0.757. The third-order valence-electron chi connectivity index (χ3n) is 10.7. The predicted octanol–water partition coefficient (Wildman–Crippen LogP) is 5.39. The summed E-state index contributed by atoms with van der Waals surface area (Å²) in [7, 11) is 0. The number of amides is 4. The fourth-order valence-electron chi connectivity index (χ4n) is 7.77. The van der Waals surface area contributed by atoms with Crippen LogP contribution in [0.1, 0.15) is 65.7 Å². The van der Waals surface area contributed by atoms with Crippen molar-refractivity contribution in [1.82, 2.24) is 25.1 Å². The molecule has 0 bridgehead atoms. The molecule has 53 heavy (non-hydrogen) atoms. The lowest BCUT2D eigenvalue weighted by Gasteiger charge is -2.40. The van der Waals surface area contributed by atoms with Crippen LogP contribution < -0.4 is 20.1 Å². The number of rotatable bonds is 11. The molecule has 3 fully saturated rings. The second-order valence-electron chi connectivity index (χ2n) is 14.3. The normalized spacial score (nSPS) is 22.1. The number of anilines is 2. The highest BCUT2D eigenvalue weighted by atomic mass is 19.1. The Kier molecular flexibility index (Phi) is 9.46. The summed E-state index contributed by atoms with van der Waals surface area (Å²) >= 11 is 0. The Morgan fingerprint density at radius 2 is 1.72 bits per heavy atom. The van der Waals surface area contributed by atoms with Gasteiger partial charge in [-0.25, -0.2) is 9.37 Å². The van der Waals surface area contributed by atoms with E-state index in [2.05, 4.69) is 25.5 Å². The lowest BCUT2D eigenvalue weighted by atomic mass is 9.81. The molecular weight excluding hydrogens is 686 g/mol. The maximum Gasteiger partial charge on any atom is 0.262 e. The summed E-state index contributed by atoms with van der Waals surface area (Å²) < 4.78 is 41.9. The first-order chi connectivity index (χ1) is 25.7. The quantitative estimate of drug-likeness (QED) is 0.193. The molecule has 2 N–H and O–H groups in total. The Morgan fingerprint density at radius 3 is 2.53 bits per heavy atom. The topological polar surface area (TPSA) is 143 Å². The summed E-state index contributed by atoms with van der Waals surface area (Å²) in [5.74, 6) is -1.66. The van der Waals surface area contributed by atoms with Crippen molar-refractivity contribution < 1.29 is 37.4 Å². The van der Waals surface area contributed by atoms with Gasteiger partial charge in [-0.05, 0) is 105 Å². The van der Waals surface area contributed by atoms with E-state index in [9.17, 15) is 23.6 Å². The fourth-order valence-corrected chi connectivity index (χ4v) is 7.77. The monoisotopic (exact) mass is 724 g/mol. The van der Waals surface area contributed by atoms with Crippen LogP contribution in [0.25, 0.3) is 10.8 Å². The zero-order valence-electron chi connectivity index (χ0n) is 28.9. The first-order valence-corrected chi connectivity index (χ1v) is 18.0. The summed E-state index contributed by atoms with van der Waals surface area (Å²) in [5, 5.41) is 6.11. The second-order valence-corrected chi connectivity index (χ2v) is 14.3. The van der Waals surface area contributed by atoms with Gasteiger partial charge in [0.1, 0.15) is 17.6 Å². The second kappa shape index (κ2) is 14.5. The molecular formula is C39H38F2N6O6. The number of nitrogens with zero attached hydrogens (tertiary/aromatic N) is 4. The van der Waals surface area contributed by atoms with Gasteiger partial charge >= 0.3 is 0 Å². The molecule has 274 valence electrons. The molecule has 2 saturated heterocycles. The van der Waals surface area contributed by atoms with Gasteiger partial charge in [-0.15, -0.1) is 0 Å². The van der Waals surface area contributed by atoms with E-state index < -0.39 is 41.3 Å². The van der Waals surface area contributed by atoms with Crippen molar-refractivity contribution in [1.29, 1.82) is 0 Å². The first kappa shape index (κ1) is 34.6. The summed E-state index contributed by atoms with van der Waals surface area (Å²) in [6.45, 7) is 3.41. The molecule has 3 aliphatic heterocycles. The Morgan fingerprint density at radius 1 is 0.906 bits per heavy atom. The average molecular weight is 725 g/mol. The minimum atomic E-state index is -1.00. The van der Waals surface area contributed by atoms with Gasteiger partial charge in [0.2, 0.25) is 17.6 Å². The SMILES string of the molecule is O=C1CCC(N2C(=O)c3ccc(OCCC4CCN(C[C@H]5C[C@H](Oc6ccnc(Nc7cc(F)c8cnccc8c7)c6F)C5)CC4)cc3C2=O)C(=O)N1. The van der Waals surface area contributed by atoms with Gasteiger partial charge in [0.25, 0.3) is 11.8 Å². The molecule has 4 aliphatic rings. The molecule has 1 aliphatic carbocycles. The molecule has 1 saturated carbocycles. The van der Waals surface area contributed by atoms with Crippen molar-refractivity contribution >= 4 is 45.9 Å². The smallest absolute Gasteiger partial charge is 0.262 e. The molecule has 2 aromatic heterocycles. The van der Waals surface area contributed by atoms with E-state index in [-0.39, 0.29) is 41.6 Å². The molecule has 2 aromatic carbocycles. The molecule has 1 atom stereocenters. The number of fused-ring (bicyclic) bond motifs is 2. The van der Waals surface area contributed by atoms with Crippen LogP contribution in [0.3, 0.4) is 0 Å². The lowest BCUT2D eigenvalue weighted by Crippen LogP contribution is -2.54. The van der Waals surface area contributed by atoms with Gasteiger partial charge in [0.05, 0.1) is 23.8 Å². The molecule has 0 radical (unpaired) electrons. The maximum atomic E-state index is 15.3. The number of ether oxygens (including phenoxy) is 2. The highest BCUT2D eigenvalue weighted by molar-refractivity contribution is 6.23. The molecule has 8 rings (SSSR count). The summed E-state index contributed by atoms with van der Waals surface area (Å²) in [4.78, 5) is 61.4. The number of hydrogen-bond donors (Lipinski definition) is 2. The van der Waals surface area contributed by atoms with Gasteiger partial charge in [0, 0.05) is 48.7 Å². The van der Waals surface area contributed by atoms with Crippen molar-refractivity contribution in [2.45, 2.75) is 57.1 Å². The maximum absolute atomic E-state index is 15.3. The van der Waals surface area contributed by atoms with Crippen molar-refractivity contribution in [3.8, 4) is 11.5 Å². The van der Waals surface area contributed by atoms with Crippen LogP contribution in [0.4, 0.5) is 20.3 Å². The molecule has 4 amide bonds. The molecule has 12 nitrogen and oxygen atoms in total. The summed E-state index contributed by atoms with van der Waals surface area (Å²) in [5.41, 5.74) is 0.807. The number of benzene rings is 2. The number of aromatic nitrogens is 2. The van der Waals surface area contributed by atoms with Crippen molar-refractivity contribution in [3.63, 3.8) is 0 Å². The minimum absolute atomic E-state index is 0.0308. The van der Waals surface area contributed by atoms with Gasteiger partial charge in [-0.2, -0.15) is 4.39 Å². The van der Waals surface area contributed by atoms with E-state index in [1.54, 1.807) is 36.5 Å². The summed E-state index contributed by atoms with van der Waals surface area (Å²) in [6.07, 6.45) is 9.22. The largest absolute Gasteiger partial charge is 0.494 e. The van der Waals surface area contributed by atoms with Crippen molar-refractivity contribution in [2.24, 2.45) is 11.8 Å². The average Bonchev–Trinajstić information content (AvgIpc) is 3.37. The molecule has 4 aromatic rings. The number of carbonyl (C=O) groups is 4. The third kappa shape index (κ3) is 7.15. The highest BCUT2D eigenvalue weighted by Crippen LogP contribution is 2.36. The Labute approximate surface area is 303 Å². The zero-order valence-corrected chi connectivity index (χ0v) is 28.9. The highest BCUT2D eigenvalue weighted by Gasteiger charge is 2.44. The van der Waals surface area contributed by atoms with Gasteiger partial charge < -0.3 is 19.7 Å². The van der Waals surface area contributed by atoms with E-state index in [4.69, 9.17) is 9.47 Å². The van der Waals surface area contributed by atoms with Crippen LogP contribution in [0, 0.1) is 23.5 Å². The number of halogens is 2. The molecule has 1 unspecified atom stereocenters. The molecule has 14 heteroatoms. The number of pyridine rings is 2. The van der Waals surface area contributed by atoms with E-state index in [0.29, 0.717) is 40.7 Å². The van der Waals surface area contributed by atoms with Crippen LogP contribution in [-0.4, -0.2) is 81.8 Å². The van der Waals surface area contributed by atoms with E-state index in [0.717, 1.165) is 56.6 Å². The predicted molar refractivity (Wildman–Crippen MR) is 189 cm³/mol. The zero-order chi connectivity index (χ0) is 36.6. The number of carbonyl (C=O) groups excluding carboxylic acids is 4.